The monoisotopic (exact) mass is 288 g/mol. The number of aliphatic hydroxyl groups is 1. The Morgan fingerprint density at radius 3 is 2.89 bits per heavy atom. The van der Waals surface area contributed by atoms with Crippen LogP contribution in [0.5, 0.6) is 0 Å². The molecule has 112 valence electrons. The van der Waals surface area contributed by atoms with Gasteiger partial charge in [-0.3, -0.25) is 4.79 Å². The lowest BCUT2D eigenvalue weighted by Gasteiger charge is -2.36. The first kappa shape index (κ1) is 16.8. The summed E-state index contributed by atoms with van der Waals surface area (Å²) in [6.07, 6.45) is 3.13. The number of piperidine rings is 1. The molecule has 0 saturated carbocycles. The first-order chi connectivity index (χ1) is 9.09. The molecule has 0 spiro atoms. The number of hydrogen-bond donors (Lipinski definition) is 3. The van der Waals surface area contributed by atoms with Crippen LogP contribution >= 0.6 is 11.8 Å². The molecule has 1 atom stereocenters. The third-order valence-electron chi connectivity index (χ3n) is 3.88. The Balaban J connectivity index is 2.22. The molecule has 5 heteroatoms. The highest BCUT2D eigenvalue weighted by molar-refractivity contribution is 7.99. The van der Waals surface area contributed by atoms with E-state index >= 15 is 0 Å². The summed E-state index contributed by atoms with van der Waals surface area (Å²) in [6.45, 7) is 7.11. The molecule has 1 rings (SSSR count). The van der Waals surface area contributed by atoms with Gasteiger partial charge in [-0.15, -0.1) is 0 Å². The number of rotatable bonds is 8. The predicted molar refractivity (Wildman–Crippen MR) is 81.4 cm³/mol. The minimum Gasteiger partial charge on any atom is -0.396 e. The standard InChI is InChI=1S/C14H28N2O2S/c1-14(2,12-5-3-6-15-11-12)13(18)16-7-10-19-9-4-8-17/h12,15,17H,3-11H2,1-2H3,(H,16,18). The number of aliphatic hydroxyl groups excluding tert-OH is 1. The third kappa shape index (κ3) is 5.71. The van der Waals surface area contributed by atoms with Gasteiger partial charge in [0.15, 0.2) is 0 Å². The molecule has 1 amide bonds. The van der Waals surface area contributed by atoms with Crippen LogP contribution in [0.2, 0.25) is 0 Å². The maximum atomic E-state index is 12.3. The van der Waals surface area contributed by atoms with Gasteiger partial charge in [-0.2, -0.15) is 11.8 Å². The fraction of sp³-hybridized carbons (Fsp3) is 0.929. The van der Waals surface area contributed by atoms with Crippen molar-refractivity contribution < 1.29 is 9.90 Å². The second-order valence-corrected chi connectivity index (χ2v) is 6.94. The summed E-state index contributed by atoms with van der Waals surface area (Å²) in [4.78, 5) is 12.3. The van der Waals surface area contributed by atoms with Crippen molar-refractivity contribution >= 4 is 17.7 Å². The van der Waals surface area contributed by atoms with Gasteiger partial charge in [-0.25, -0.2) is 0 Å². The van der Waals surface area contributed by atoms with Crippen LogP contribution in [0.4, 0.5) is 0 Å². The van der Waals surface area contributed by atoms with E-state index in [1.54, 1.807) is 11.8 Å². The zero-order chi connectivity index (χ0) is 14.1. The van der Waals surface area contributed by atoms with E-state index < -0.39 is 0 Å². The van der Waals surface area contributed by atoms with Gasteiger partial charge < -0.3 is 15.7 Å². The molecule has 4 nitrogen and oxygen atoms in total. The van der Waals surface area contributed by atoms with E-state index in [2.05, 4.69) is 24.5 Å². The molecule has 0 bridgehead atoms. The minimum atomic E-state index is -0.289. The largest absolute Gasteiger partial charge is 0.396 e. The van der Waals surface area contributed by atoms with Crippen molar-refractivity contribution in [1.29, 1.82) is 0 Å². The van der Waals surface area contributed by atoms with E-state index in [4.69, 9.17) is 5.11 Å². The van der Waals surface area contributed by atoms with Crippen LogP contribution in [-0.2, 0) is 4.79 Å². The number of carbonyl (C=O) groups excluding carboxylic acids is 1. The van der Waals surface area contributed by atoms with E-state index in [1.165, 1.54) is 6.42 Å². The molecule has 1 unspecified atom stereocenters. The van der Waals surface area contributed by atoms with E-state index in [1.807, 2.05) is 0 Å². The van der Waals surface area contributed by atoms with Crippen LogP contribution < -0.4 is 10.6 Å². The number of hydrogen-bond acceptors (Lipinski definition) is 4. The Bertz CT molecular complexity index is 266. The number of thioether (sulfide) groups is 1. The van der Waals surface area contributed by atoms with E-state index in [0.29, 0.717) is 5.92 Å². The van der Waals surface area contributed by atoms with E-state index in [9.17, 15) is 4.79 Å². The number of nitrogens with one attached hydrogen (secondary N) is 2. The van der Waals surface area contributed by atoms with Gasteiger partial charge >= 0.3 is 0 Å². The molecule has 0 aromatic carbocycles. The molecule has 19 heavy (non-hydrogen) atoms. The van der Waals surface area contributed by atoms with Gasteiger partial charge in [0.25, 0.3) is 0 Å². The second-order valence-electron chi connectivity index (χ2n) is 5.71. The van der Waals surface area contributed by atoms with Crippen LogP contribution in [0.15, 0.2) is 0 Å². The van der Waals surface area contributed by atoms with Crippen LogP contribution in [0.25, 0.3) is 0 Å². The molecule has 0 aliphatic carbocycles. The van der Waals surface area contributed by atoms with Crippen molar-refractivity contribution in [3.63, 3.8) is 0 Å². The molecule has 0 aromatic rings. The SMILES string of the molecule is CC(C)(C(=O)NCCSCCCO)C1CCCNC1. The highest BCUT2D eigenvalue weighted by atomic mass is 32.2. The maximum Gasteiger partial charge on any atom is 0.226 e. The summed E-state index contributed by atoms with van der Waals surface area (Å²) in [5, 5.41) is 15.1. The fourth-order valence-electron chi connectivity index (χ4n) is 2.39. The van der Waals surface area contributed by atoms with Crippen molar-refractivity contribution in [2.75, 3.05) is 37.7 Å². The van der Waals surface area contributed by atoms with Gasteiger partial charge in [0.1, 0.15) is 0 Å². The van der Waals surface area contributed by atoms with Crippen molar-refractivity contribution in [3.05, 3.63) is 0 Å². The number of carbonyl (C=O) groups is 1. The van der Waals surface area contributed by atoms with E-state index in [0.717, 1.165) is 44.0 Å². The second kappa shape index (κ2) is 8.82. The summed E-state index contributed by atoms with van der Waals surface area (Å²) < 4.78 is 0. The lowest BCUT2D eigenvalue weighted by molar-refractivity contribution is -0.132. The van der Waals surface area contributed by atoms with Crippen LogP contribution in [0.3, 0.4) is 0 Å². The molecule has 1 saturated heterocycles. The zero-order valence-corrected chi connectivity index (χ0v) is 13.0. The van der Waals surface area contributed by atoms with Crippen molar-refractivity contribution in [3.8, 4) is 0 Å². The van der Waals surface area contributed by atoms with Crippen LogP contribution in [-0.4, -0.2) is 48.8 Å². The summed E-state index contributed by atoms with van der Waals surface area (Å²) >= 11 is 1.78. The van der Waals surface area contributed by atoms with Gasteiger partial charge in [0.05, 0.1) is 0 Å². The lowest BCUT2D eigenvalue weighted by atomic mass is 9.74. The van der Waals surface area contributed by atoms with Crippen molar-refractivity contribution in [2.45, 2.75) is 33.1 Å². The predicted octanol–water partition coefficient (Wildman–Crippen LogP) is 1.24. The average molecular weight is 288 g/mol. The summed E-state index contributed by atoms with van der Waals surface area (Å²) in [6, 6.07) is 0. The molecular weight excluding hydrogens is 260 g/mol. The normalized spacial score (nSPS) is 20.3. The first-order valence-corrected chi connectivity index (χ1v) is 8.42. The molecule has 1 aliphatic rings. The molecule has 1 fully saturated rings. The fourth-order valence-corrected chi connectivity index (χ4v) is 3.17. The molecule has 1 heterocycles. The van der Waals surface area contributed by atoms with Gasteiger partial charge in [-0.05, 0) is 44.0 Å². The highest BCUT2D eigenvalue weighted by Crippen LogP contribution is 2.31. The Hall–Kier alpha value is -0.260. The van der Waals surface area contributed by atoms with Gasteiger partial charge in [-0.1, -0.05) is 13.8 Å². The van der Waals surface area contributed by atoms with Gasteiger partial charge in [0.2, 0.25) is 5.91 Å². The Morgan fingerprint density at radius 2 is 2.26 bits per heavy atom. The quantitative estimate of drug-likeness (QED) is 0.588. The smallest absolute Gasteiger partial charge is 0.226 e. The summed E-state index contributed by atoms with van der Waals surface area (Å²) in [5.41, 5.74) is -0.289. The zero-order valence-electron chi connectivity index (χ0n) is 12.2. The van der Waals surface area contributed by atoms with Crippen LogP contribution in [0, 0.1) is 11.3 Å². The van der Waals surface area contributed by atoms with Crippen LogP contribution in [0.1, 0.15) is 33.1 Å². The molecule has 0 radical (unpaired) electrons. The van der Waals surface area contributed by atoms with Crippen molar-refractivity contribution in [2.24, 2.45) is 11.3 Å². The summed E-state index contributed by atoms with van der Waals surface area (Å²) in [7, 11) is 0. The molecule has 0 aromatic heterocycles. The Morgan fingerprint density at radius 1 is 1.47 bits per heavy atom. The van der Waals surface area contributed by atoms with Crippen molar-refractivity contribution in [1.82, 2.24) is 10.6 Å². The van der Waals surface area contributed by atoms with E-state index in [-0.39, 0.29) is 17.9 Å². The molecule has 1 aliphatic heterocycles. The third-order valence-corrected chi connectivity index (χ3v) is 4.95. The van der Waals surface area contributed by atoms with Gasteiger partial charge in [0, 0.05) is 24.3 Å². The first-order valence-electron chi connectivity index (χ1n) is 7.26. The molecular formula is C14H28N2O2S. The average Bonchev–Trinajstić information content (AvgIpc) is 2.43. The Kier molecular flexibility index (Phi) is 7.80. The molecule has 3 N–H and O–H groups in total. The minimum absolute atomic E-state index is 0.170. The highest BCUT2D eigenvalue weighted by Gasteiger charge is 2.36. The lowest BCUT2D eigenvalue weighted by Crippen LogP contribution is -2.47. The Labute approximate surface area is 121 Å². The topological polar surface area (TPSA) is 61.4 Å². The maximum absolute atomic E-state index is 12.3. The summed E-state index contributed by atoms with van der Waals surface area (Å²) in [5.74, 6) is 2.49. The number of amides is 1.